The van der Waals surface area contributed by atoms with Crippen molar-refractivity contribution in [1.82, 2.24) is 0 Å². The van der Waals surface area contributed by atoms with Crippen LogP contribution < -0.4 is 0 Å². The average molecular weight is 380 g/mol. The van der Waals surface area contributed by atoms with Gasteiger partial charge in [0.05, 0.1) is 0 Å². The van der Waals surface area contributed by atoms with Crippen molar-refractivity contribution in [2.45, 2.75) is 28.6 Å². The first-order valence-corrected chi connectivity index (χ1v) is 8.10. The number of hydrogen-bond acceptors (Lipinski definition) is 2. The Kier molecular flexibility index (Phi) is 3.63. The Morgan fingerprint density at radius 2 is 1.30 bits per heavy atom. The average Bonchev–Trinajstić information content (AvgIpc) is 2.83. The second-order valence-corrected chi connectivity index (χ2v) is 6.93. The van der Waals surface area contributed by atoms with Gasteiger partial charge in [0.1, 0.15) is 11.5 Å². The second-order valence-electron chi connectivity index (χ2n) is 5.42. The van der Waals surface area contributed by atoms with Gasteiger partial charge in [-0.3, -0.25) is 0 Å². The maximum Gasteiger partial charge on any atom is 0.115 e. The predicted molar refractivity (Wildman–Crippen MR) is 88.7 cm³/mol. The number of hydrogen-bond donors (Lipinski definition) is 2. The zero-order valence-corrected chi connectivity index (χ0v) is 13.2. The molecule has 0 aliphatic heterocycles. The topological polar surface area (TPSA) is 40.5 Å². The minimum absolute atomic E-state index is 0.0119. The molecule has 0 spiro atoms. The van der Waals surface area contributed by atoms with Gasteiger partial charge in [0.25, 0.3) is 0 Å². The fourth-order valence-electron chi connectivity index (χ4n) is 3.30. The van der Waals surface area contributed by atoms with Gasteiger partial charge in [-0.05, 0) is 48.2 Å². The van der Waals surface area contributed by atoms with E-state index in [2.05, 4.69) is 22.6 Å². The molecule has 2 N–H and O–H groups in total. The lowest BCUT2D eigenvalue weighted by Gasteiger charge is -2.34. The molecule has 0 amide bonds. The van der Waals surface area contributed by atoms with Crippen molar-refractivity contribution in [2.75, 3.05) is 0 Å². The highest BCUT2D eigenvalue weighted by molar-refractivity contribution is 14.1. The first-order valence-electron chi connectivity index (χ1n) is 6.86. The van der Waals surface area contributed by atoms with Crippen molar-refractivity contribution in [3.05, 3.63) is 59.7 Å². The zero-order chi connectivity index (χ0) is 14.2. The smallest absolute Gasteiger partial charge is 0.115 e. The molecule has 0 aromatic heterocycles. The Morgan fingerprint density at radius 1 is 0.850 bits per heavy atom. The Hall–Kier alpha value is -1.23. The maximum absolute atomic E-state index is 9.52. The van der Waals surface area contributed by atoms with E-state index >= 15 is 0 Å². The molecule has 0 saturated heterocycles. The summed E-state index contributed by atoms with van der Waals surface area (Å²) in [6.07, 6.45) is 3.51. The molecule has 104 valence electrons. The predicted octanol–water partition coefficient (Wildman–Crippen LogP) is 4.37. The van der Waals surface area contributed by atoms with Crippen molar-refractivity contribution in [3.63, 3.8) is 0 Å². The molecular formula is C17H17IO2. The minimum atomic E-state index is -0.0119. The molecule has 1 aliphatic carbocycles. The summed E-state index contributed by atoms with van der Waals surface area (Å²) in [5.74, 6) is 0.607. The molecule has 0 radical (unpaired) electrons. The molecule has 3 rings (SSSR count). The van der Waals surface area contributed by atoms with Gasteiger partial charge < -0.3 is 10.2 Å². The van der Waals surface area contributed by atoms with Crippen LogP contribution in [0.4, 0.5) is 0 Å². The Balaban J connectivity index is 2.14. The molecule has 0 bridgehead atoms. The second kappa shape index (κ2) is 5.28. The number of benzene rings is 2. The van der Waals surface area contributed by atoms with Crippen LogP contribution in [0.25, 0.3) is 0 Å². The third-order valence-electron chi connectivity index (χ3n) is 4.33. The van der Waals surface area contributed by atoms with Crippen molar-refractivity contribution in [3.8, 4) is 11.5 Å². The molecule has 1 saturated carbocycles. The summed E-state index contributed by atoms with van der Waals surface area (Å²) in [4.78, 5) is 0. The summed E-state index contributed by atoms with van der Waals surface area (Å²) in [7, 11) is 0. The van der Waals surface area contributed by atoms with E-state index in [1.165, 1.54) is 24.0 Å². The monoisotopic (exact) mass is 380 g/mol. The normalized spacial score (nSPS) is 20.9. The lowest BCUT2D eigenvalue weighted by Crippen LogP contribution is -2.32. The SMILES string of the molecule is Oc1ccc(C2(c3ccc(O)cc3)CCCC2I)cc1. The Morgan fingerprint density at radius 3 is 1.65 bits per heavy atom. The summed E-state index contributed by atoms with van der Waals surface area (Å²) in [5, 5.41) is 19.0. The van der Waals surface area contributed by atoms with Crippen LogP contribution >= 0.6 is 22.6 Å². The molecule has 1 unspecified atom stereocenters. The summed E-state index contributed by atoms with van der Waals surface area (Å²) in [6.45, 7) is 0. The highest BCUT2D eigenvalue weighted by Gasteiger charge is 2.44. The molecule has 1 aliphatic rings. The molecule has 20 heavy (non-hydrogen) atoms. The van der Waals surface area contributed by atoms with E-state index in [-0.39, 0.29) is 5.41 Å². The van der Waals surface area contributed by atoms with Crippen LogP contribution in [-0.2, 0) is 5.41 Å². The molecule has 2 aromatic carbocycles. The van der Waals surface area contributed by atoms with Crippen LogP contribution in [0.3, 0.4) is 0 Å². The van der Waals surface area contributed by atoms with Gasteiger partial charge >= 0.3 is 0 Å². The molecular weight excluding hydrogens is 363 g/mol. The van der Waals surface area contributed by atoms with E-state index < -0.39 is 0 Å². The summed E-state index contributed by atoms with van der Waals surface area (Å²) >= 11 is 2.55. The minimum Gasteiger partial charge on any atom is -0.508 e. The van der Waals surface area contributed by atoms with E-state index in [0.717, 1.165) is 6.42 Å². The molecule has 0 heterocycles. The Bertz CT molecular complexity index is 544. The first kappa shape index (κ1) is 13.7. The third kappa shape index (κ3) is 2.18. The van der Waals surface area contributed by atoms with Crippen LogP contribution in [0, 0.1) is 0 Å². The third-order valence-corrected chi connectivity index (χ3v) is 6.01. The van der Waals surface area contributed by atoms with Crippen LogP contribution in [0.15, 0.2) is 48.5 Å². The van der Waals surface area contributed by atoms with E-state index in [4.69, 9.17) is 0 Å². The van der Waals surface area contributed by atoms with Crippen LogP contribution in [-0.4, -0.2) is 14.1 Å². The Labute approximate surface area is 132 Å². The zero-order valence-electron chi connectivity index (χ0n) is 11.1. The highest BCUT2D eigenvalue weighted by Crippen LogP contribution is 2.50. The molecule has 3 heteroatoms. The van der Waals surface area contributed by atoms with Crippen molar-refractivity contribution < 1.29 is 10.2 Å². The van der Waals surface area contributed by atoms with Gasteiger partial charge in [0.15, 0.2) is 0 Å². The number of aromatic hydroxyl groups is 2. The van der Waals surface area contributed by atoms with Crippen LogP contribution in [0.2, 0.25) is 0 Å². The summed E-state index contributed by atoms with van der Waals surface area (Å²) in [6, 6.07) is 15.2. The highest BCUT2D eigenvalue weighted by atomic mass is 127. The van der Waals surface area contributed by atoms with Gasteiger partial charge in [-0.2, -0.15) is 0 Å². The standard InChI is InChI=1S/C17H17IO2/c18-16-2-1-11-17(16,12-3-7-14(19)8-4-12)13-5-9-15(20)10-6-13/h3-10,16,19-20H,1-2,11H2. The van der Waals surface area contributed by atoms with Gasteiger partial charge in [-0.1, -0.05) is 53.3 Å². The first-order chi connectivity index (χ1) is 9.63. The lowest BCUT2D eigenvalue weighted by molar-refractivity contribution is 0.472. The largest absolute Gasteiger partial charge is 0.508 e. The van der Waals surface area contributed by atoms with Crippen molar-refractivity contribution in [1.29, 1.82) is 0 Å². The van der Waals surface area contributed by atoms with E-state index in [1.54, 1.807) is 24.3 Å². The van der Waals surface area contributed by atoms with Gasteiger partial charge in [0, 0.05) is 9.34 Å². The molecule has 2 aromatic rings. The van der Waals surface area contributed by atoms with E-state index in [1.807, 2.05) is 24.3 Å². The number of phenols is 2. The fraction of sp³-hybridized carbons (Fsp3) is 0.294. The van der Waals surface area contributed by atoms with Crippen LogP contribution in [0.5, 0.6) is 11.5 Å². The van der Waals surface area contributed by atoms with Crippen molar-refractivity contribution >= 4 is 22.6 Å². The molecule has 1 atom stereocenters. The fourth-order valence-corrected chi connectivity index (χ4v) is 4.77. The van der Waals surface area contributed by atoms with E-state index in [9.17, 15) is 10.2 Å². The van der Waals surface area contributed by atoms with Gasteiger partial charge in [-0.15, -0.1) is 0 Å². The lowest BCUT2D eigenvalue weighted by atomic mass is 9.73. The number of phenolic OH excluding ortho intramolecular Hbond substituents is 2. The van der Waals surface area contributed by atoms with Gasteiger partial charge in [-0.25, -0.2) is 0 Å². The number of alkyl halides is 1. The quantitative estimate of drug-likeness (QED) is 0.600. The number of rotatable bonds is 2. The number of halogens is 1. The molecule has 2 nitrogen and oxygen atoms in total. The summed E-state index contributed by atoms with van der Waals surface area (Å²) < 4.78 is 0.522. The van der Waals surface area contributed by atoms with E-state index in [0.29, 0.717) is 15.4 Å². The molecule has 1 fully saturated rings. The summed E-state index contributed by atoms with van der Waals surface area (Å²) in [5.41, 5.74) is 2.48. The maximum atomic E-state index is 9.52. The van der Waals surface area contributed by atoms with Crippen molar-refractivity contribution in [2.24, 2.45) is 0 Å². The van der Waals surface area contributed by atoms with Crippen LogP contribution in [0.1, 0.15) is 30.4 Å². The van der Waals surface area contributed by atoms with Gasteiger partial charge in [0.2, 0.25) is 0 Å².